The van der Waals surface area contributed by atoms with Crippen LogP contribution in [0.2, 0.25) is 0 Å². The number of carbonyl (C=O) groups is 4. The maximum atomic E-state index is 12.8. The van der Waals surface area contributed by atoms with E-state index in [-0.39, 0.29) is 48.9 Å². The number of aliphatic carboxylic acids is 1. The standard InChI is InChI=1S/C37H59N3O6S/c1-22(8-13-32(42)43)26-11-12-27-25-10-9-23-20-24(14-17-36(23,2)28(25)15-18-37(26,27)3)46-33(44)16-19-38-31(41)7-5-4-6-30-34-29(21-47-30)39-35(45)40-34/h22-30,34H,4-21H2,1-3H3,(H,38,41)(H,42,43)(H2,39,40,45)/t22-,23?,24+,25+,26-,27+,28+,29?,30?,34?,36+,37-/m1/s1. The Kier molecular flexibility index (Phi) is 10.7. The minimum absolute atomic E-state index is 0.0114. The molecule has 0 bridgehead atoms. The van der Waals surface area contributed by atoms with Gasteiger partial charge in [-0.05, 0) is 123 Å². The Labute approximate surface area is 285 Å². The highest BCUT2D eigenvalue weighted by atomic mass is 32.2. The smallest absolute Gasteiger partial charge is 0.315 e. The van der Waals surface area contributed by atoms with Crippen molar-refractivity contribution in [2.45, 2.75) is 147 Å². The normalized spacial score (nSPS) is 41.0. The van der Waals surface area contributed by atoms with Gasteiger partial charge in [0, 0.05) is 30.4 Å². The fourth-order valence-electron chi connectivity index (χ4n) is 11.8. The van der Waals surface area contributed by atoms with Crippen molar-refractivity contribution in [1.29, 1.82) is 0 Å². The first kappa shape index (κ1) is 34.9. The second-order valence-electron chi connectivity index (χ2n) is 16.6. The van der Waals surface area contributed by atoms with E-state index in [1.54, 1.807) is 0 Å². The van der Waals surface area contributed by atoms with Gasteiger partial charge in [0.05, 0.1) is 18.5 Å². The summed E-state index contributed by atoms with van der Waals surface area (Å²) in [5.74, 6) is 4.06. The number of amides is 3. The number of hydrogen-bond donors (Lipinski definition) is 4. The van der Waals surface area contributed by atoms with E-state index in [9.17, 15) is 24.3 Å². The molecule has 4 aliphatic carbocycles. The zero-order chi connectivity index (χ0) is 33.3. The van der Waals surface area contributed by atoms with Crippen LogP contribution >= 0.6 is 11.8 Å². The minimum Gasteiger partial charge on any atom is -0.481 e. The average Bonchev–Trinajstić information content (AvgIpc) is 3.70. The molecule has 0 spiro atoms. The SMILES string of the molecule is C[C@H](CCC(=O)O)[C@H]1CC[C@H]2[C@@H]3CCC4C[C@@H](OC(=O)CCNC(=O)CCCCC5SCC6NC(=O)NC65)CC[C@]4(C)[C@H]3CC[C@]12C. The molecular formula is C37H59N3O6S. The van der Waals surface area contributed by atoms with Crippen molar-refractivity contribution in [3.63, 3.8) is 0 Å². The van der Waals surface area contributed by atoms with Crippen LogP contribution in [-0.2, 0) is 19.1 Å². The van der Waals surface area contributed by atoms with Gasteiger partial charge in [0.15, 0.2) is 0 Å². The highest BCUT2D eigenvalue weighted by molar-refractivity contribution is 8.00. The highest BCUT2D eigenvalue weighted by Gasteiger charge is 2.60. The van der Waals surface area contributed by atoms with E-state index in [0.29, 0.717) is 46.8 Å². The van der Waals surface area contributed by atoms with Crippen LogP contribution in [-0.4, -0.2) is 64.7 Å². The molecule has 6 aliphatic rings. The predicted molar refractivity (Wildman–Crippen MR) is 183 cm³/mol. The molecule has 6 rings (SSSR count). The fourth-order valence-corrected chi connectivity index (χ4v) is 13.3. The maximum absolute atomic E-state index is 12.8. The molecular weight excluding hydrogens is 614 g/mol. The van der Waals surface area contributed by atoms with Gasteiger partial charge in [-0.25, -0.2) is 4.79 Å². The lowest BCUT2D eigenvalue weighted by molar-refractivity contribution is -0.162. The van der Waals surface area contributed by atoms with Crippen molar-refractivity contribution in [3.8, 4) is 0 Å². The van der Waals surface area contributed by atoms with Gasteiger partial charge in [0.2, 0.25) is 5.91 Å². The van der Waals surface area contributed by atoms with Gasteiger partial charge in [0.1, 0.15) is 6.10 Å². The summed E-state index contributed by atoms with van der Waals surface area (Å²) in [7, 11) is 0. The summed E-state index contributed by atoms with van der Waals surface area (Å²) < 4.78 is 6.00. The van der Waals surface area contributed by atoms with Gasteiger partial charge in [-0.3, -0.25) is 14.4 Å². The first-order valence-electron chi connectivity index (χ1n) is 18.8. The number of nitrogens with one attached hydrogen (secondary N) is 3. The number of ether oxygens (including phenoxy) is 1. The van der Waals surface area contributed by atoms with Crippen molar-refractivity contribution in [2.75, 3.05) is 12.3 Å². The third-order valence-corrected chi connectivity index (χ3v) is 15.7. The molecule has 4 unspecified atom stereocenters. The lowest BCUT2D eigenvalue weighted by Gasteiger charge is -2.61. The van der Waals surface area contributed by atoms with Gasteiger partial charge >= 0.3 is 18.0 Å². The molecule has 264 valence electrons. The van der Waals surface area contributed by atoms with Crippen LogP contribution in [0, 0.1) is 46.3 Å². The van der Waals surface area contributed by atoms with E-state index < -0.39 is 5.97 Å². The molecule has 12 atom stereocenters. The van der Waals surface area contributed by atoms with Crippen LogP contribution in [0.1, 0.15) is 124 Å². The molecule has 0 aromatic heterocycles. The summed E-state index contributed by atoms with van der Waals surface area (Å²) in [5.41, 5.74) is 0.658. The van der Waals surface area contributed by atoms with E-state index >= 15 is 0 Å². The molecule has 0 aromatic rings. The molecule has 47 heavy (non-hydrogen) atoms. The topological polar surface area (TPSA) is 134 Å². The van der Waals surface area contributed by atoms with Gasteiger partial charge in [-0.1, -0.05) is 27.2 Å². The number of rotatable bonds is 13. The Bertz CT molecular complexity index is 1180. The Balaban J connectivity index is 0.892. The third kappa shape index (κ3) is 7.33. The van der Waals surface area contributed by atoms with Crippen LogP contribution < -0.4 is 16.0 Å². The van der Waals surface area contributed by atoms with Crippen molar-refractivity contribution >= 4 is 35.6 Å². The average molecular weight is 674 g/mol. The zero-order valence-corrected chi connectivity index (χ0v) is 29.7. The molecule has 4 N–H and O–H groups in total. The van der Waals surface area contributed by atoms with E-state index in [0.717, 1.165) is 68.5 Å². The van der Waals surface area contributed by atoms with E-state index in [1.165, 1.54) is 38.5 Å². The molecule has 10 heteroatoms. The Morgan fingerprint density at radius 1 is 0.979 bits per heavy atom. The number of hydrogen-bond acceptors (Lipinski definition) is 6. The highest BCUT2D eigenvalue weighted by Crippen LogP contribution is 2.68. The summed E-state index contributed by atoms with van der Waals surface area (Å²) >= 11 is 1.90. The molecule has 2 aliphatic heterocycles. The number of carboxylic acid groups (broad SMARTS) is 1. The third-order valence-electron chi connectivity index (χ3n) is 14.2. The maximum Gasteiger partial charge on any atom is 0.315 e. The summed E-state index contributed by atoms with van der Waals surface area (Å²) in [4.78, 5) is 47.9. The van der Waals surface area contributed by atoms with Crippen LogP contribution in [0.5, 0.6) is 0 Å². The molecule has 9 nitrogen and oxygen atoms in total. The van der Waals surface area contributed by atoms with Gasteiger partial charge in [-0.15, -0.1) is 0 Å². The first-order valence-corrected chi connectivity index (χ1v) is 19.9. The number of carboxylic acids is 1. The first-order chi connectivity index (χ1) is 22.5. The molecule has 0 aromatic carbocycles. The van der Waals surface area contributed by atoms with Crippen molar-refractivity contribution in [2.24, 2.45) is 46.3 Å². The number of thioether (sulfide) groups is 1. The molecule has 4 saturated carbocycles. The number of fused-ring (bicyclic) bond motifs is 6. The van der Waals surface area contributed by atoms with Gasteiger partial charge in [0.25, 0.3) is 0 Å². The summed E-state index contributed by atoms with van der Waals surface area (Å²) in [6, 6.07) is 0.375. The Hall–Kier alpha value is -1.97. The van der Waals surface area contributed by atoms with Crippen molar-refractivity contribution in [3.05, 3.63) is 0 Å². The van der Waals surface area contributed by atoms with Gasteiger partial charge in [-0.2, -0.15) is 11.8 Å². The van der Waals surface area contributed by atoms with Gasteiger partial charge < -0.3 is 25.8 Å². The van der Waals surface area contributed by atoms with Crippen LogP contribution in [0.4, 0.5) is 4.79 Å². The van der Waals surface area contributed by atoms with E-state index in [1.807, 2.05) is 11.8 Å². The quantitative estimate of drug-likeness (QED) is 0.103. The predicted octanol–water partition coefficient (Wildman–Crippen LogP) is 6.29. The number of carbonyl (C=O) groups excluding carboxylic acids is 3. The summed E-state index contributed by atoms with van der Waals surface area (Å²) in [6.45, 7) is 7.70. The largest absolute Gasteiger partial charge is 0.481 e. The monoisotopic (exact) mass is 673 g/mol. The van der Waals surface area contributed by atoms with Crippen LogP contribution in [0.15, 0.2) is 0 Å². The van der Waals surface area contributed by atoms with Crippen molar-refractivity contribution in [1.82, 2.24) is 16.0 Å². The summed E-state index contributed by atoms with van der Waals surface area (Å²) in [5, 5.41) is 18.6. The molecule has 0 radical (unpaired) electrons. The molecule has 2 heterocycles. The minimum atomic E-state index is -0.671. The lowest BCUT2D eigenvalue weighted by atomic mass is 9.44. The van der Waals surface area contributed by atoms with Crippen LogP contribution in [0.3, 0.4) is 0 Å². The molecule has 6 fully saturated rings. The molecule has 2 saturated heterocycles. The van der Waals surface area contributed by atoms with Crippen molar-refractivity contribution < 1.29 is 29.0 Å². The van der Waals surface area contributed by atoms with Crippen LogP contribution in [0.25, 0.3) is 0 Å². The lowest BCUT2D eigenvalue weighted by Crippen LogP contribution is -2.54. The van der Waals surface area contributed by atoms with E-state index in [2.05, 4.69) is 36.7 Å². The zero-order valence-electron chi connectivity index (χ0n) is 28.9. The Morgan fingerprint density at radius 2 is 1.77 bits per heavy atom. The summed E-state index contributed by atoms with van der Waals surface area (Å²) in [6.07, 6.45) is 15.1. The number of urea groups is 1. The Morgan fingerprint density at radius 3 is 2.57 bits per heavy atom. The fraction of sp³-hybridized carbons (Fsp3) is 0.892. The number of unbranched alkanes of at least 4 members (excludes halogenated alkanes) is 1. The van der Waals surface area contributed by atoms with E-state index in [4.69, 9.17) is 4.74 Å². The second-order valence-corrected chi connectivity index (χ2v) is 17.9. The molecule has 3 amide bonds. The second kappa shape index (κ2) is 14.5. The number of esters is 1.